The molecule has 0 aliphatic heterocycles. The van der Waals surface area contributed by atoms with Crippen LogP contribution >= 0.6 is 0 Å². The van der Waals surface area contributed by atoms with Gasteiger partial charge >= 0.3 is 0 Å². The van der Waals surface area contributed by atoms with Gasteiger partial charge in [-0.1, -0.05) is 0 Å². The minimum absolute atomic E-state index is 0.106. The molecule has 0 aliphatic carbocycles. The number of nitrogens with two attached hydrogens (primary N) is 1. The molecule has 82 valence electrons. The number of benzene rings is 1. The number of nitrogens with one attached hydrogen (secondary N) is 1. The zero-order chi connectivity index (χ0) is 11.4. The Morgan fingerprint density at radius 3 is 2.40 bits per heavy atom. The molecule has 15 heavy (non-hydrogen) atoms. The summed E-state index contributed by atoms with van der Waals surface area (Å²) in [5.41, 5.74) is 5.87. The molecule has 1 rings (SSSR count). The minimum atomic E-state index is -0.795. The maximum absolute atomic E-state index is 12.8. The molecule has 0 saturated carbocycles. The predicted molar refractivity (Wildman–Crippen MR) is 52.1 cm³/mol. The quantitative estimate of drug-likeness (QED) is 0.773. The van der Waals surface area contributed by atoms with Crippen molar-refractivity contribution in [3.8, 4) is 0 Å². The van der Waals surface area contributed by atoms with Crippen LogP contribution in [0.5, 0.6) is 0 Å². The summed E-state index contributed by atoms with van der Waals surface area (Å²) in [6.45, 7) is 0. The van der Waals surface area contributed by atoms with Crippen LogP contribution in [0.4, 0.5) is 8.78 Å². The molecule has 0 heterocycles. The van der Waals surface area contributed by atoms with E-state index >= 15 is 0 Å². The second-order valence-corrected chi connectivity index (χ2v) is 3.20. The number of halogens is 2. The molecule has 0 aromatic heterocycles. The molecular formula is C10H12F2N2O. The Morgan fingerprint density at radius 2 is 1.93 bits per heavy atom. The third-order valence-corrected chi connectivity index (χ3v) is 1.96. The molecule has 3 N–H and O–H groups in total. The van der Waals surface area contributed by atoms with Gasteiger partial charge in [0.1, 0.15) is 11.6 Å². The Kier molecular flexibility index (Phi) is 3.74. The molecule has 0 aliphatic rings. The molecule has 0 radical (unpaired) electrons. The maximum Gasteiger partial charge on any atom is 0.237 e. The van der Waals surface area contributed by atoms with E-state index in [2.05, 4.69) is 5.32 Å². The molecular weight excluding hydrogens is 202 g/mol. The van der Waals surface area contributed by atoms with Gasteiger partial charge in [-0.15, -0.1) is 0 Å². The lowest BCUT2D eigenvalue weighted by Gasteiger charge is -2.09. The van der Waals surface area contributed by atoms with Crippen LogP contribution in [0.25, 0.3) is 0 Å². The first-order valence-electron chi connectivity index (χ1n) is 4.45. The highest BCUT2D eigenvalue weighted by atomic mass is 19.1. The van der Waals surface area contributed by atoms with Crippen LogP contribution < -0.4 is 11.1 Å². The molecule has 1 atom stereocenters. The van der Waals surface area contributed by atoms with Crippen LogP contribution in [-0.2, 0) is 11.2 Å². The van der Waals surface area contributed by atoms with Crippen molar-refractivity contribution in [2.45, 2.75) is 12.5 Å². The molecule has 0 spiro atoms. The lowest BCUT2D eigenvalue weighted by atomic mass is 10.1. The van der Waals surface area contributed by atoms with Crippen molar-refractivity contribution < 1.29 is 13.6 Å². The fourth-order valence-electron chi connectivity index (χ4n) is 1.26. The first-order chi connectivity index (χ1) is 7.02. The topological polar surface area (TPSA) is 55.1 Å². The largest absolute Gasteiger partial charge is 0.358 e. The van der Waals surface area contributed by atoms with Gasteiger partial charge in [0.05, 0.1) is 6.04 Å². The summed E-state index contributed by atoms with van der Waals surface area (Å²) in [7, 11) is 1.45. The summed E-state index contributed by atoms with van der Waals surface area (Å²) >= 11 is 0. The van der Waals surface area contributed by atoms with E-state index in [0.717, 1.165) is 18.2 Å². The molecule has 1 aromatic carbocycles. The number of hydrogen-bond acceptors (Lipinski definition) is 2. The van der Waals surface area contributed by atoms with Crippen molar-refractivity contribution in [2.24, 2.45) is 5.73 Å². The van der Waals surface area contributed by atoms with Gasteiger partial charge in [-0.3, -0.25) is 4.79 Å². The smallest absolute Gasteiger partial charge is 0.237 e. The molecule has 1 amide bonds. The zero-order valence-electron chi connectivity index (χ0n) is 8.26. The fraction of sp³-hybridized carbons (Fsp3) is 0.300. The molecule has 0 saturated heterocycles. The summed E-state index contributed by atoms with van der Waals surface area (Å²) in [5, 5.41) is 2.36. The summed E-state index contributed by atoms with van der Waals surface area (Å²) < 4.78 is 25.6. The van der Waals surface area contributed by atoms with Gasteiger partial charge in [0.2, 0.25) is 5.91 Å². The first kappa shape index (κ1) is 11.6. The zero-order valence-corrected chi connectivity index (χ0v) is 8.26. The van der Waals surface area contributed by atoms with Gasteiger partial charge in [0, 0.05) is 13.1 Å². The van der Waals surface area contributed by atoms with Gasteiger partial charge in [-0.25, -0.2) is 8.78 Å². The third-order valence-electron chi connectivity index (χ3n) is 1.96. The van der Waals surface area contributed by atoms with Crippen LogP contribution in [-0.4, -0.2) is 19.0 Å². The highest BCUT2D eigenvalue weighted by Gasteiger charge is 2.13. The van der Waals surface area contributed by atoms with Crippen molar-refractivity contribution in [1.29, 1.82) is 0 Å². The lowest BCUT2D eigenvalue weighted by Crippen LogP contribution is -2.40. The van der Waals surface area contributed by atoms with Crippen molar-refractivity contribution >= 4 is 5.91 Å². The van der Waals surface area contributed by atoms with E-state index in [4.69, 9.17) is 5.73 Å². The highest BCUT2D eigenvalue weighted by molar-refractivity contribution is 5.81. The fourth-order valence-corrected chi connectivity index (χ4v) is 1.26. The number of carbonyl (C=O) groups is 1. The van der Waals surface area contributed by atoms with Crippen molar-refractivity contribution in [1.82, 2.24) is 5.32 Å². The van der Waals surface area contributed by atoms with E-state index in [1.54, 1.807) is 0 Å². The van der Waals surface area contributed by atoms with E-state index < -0.39 is 17.7 Å². The molecule has 1 aromatic rings. The minimum Gasteiger partial charge on any atom is -0.358 e. The maximum atomic E-state index is 12.8. The van der Waals surface area contributed by atoms with Crippen LogP contribution in [0, 0.1) is 11.6 Å². The highest BCUT2D eigenvalue weighted by Crippen LogP contribution is 2.09. The summed E-state index contributed by atoms with van der Waals surface area (Å²) in [6, 6.07) is 2.29. The number of rotatable bonds is 3. The summed E-state index contributed by atoms with van der Waals surface area (Å²) in [6.07, 6.45) is 0.106. The molecule has 0 bridgehead atoms. The van der Waals surface area contributed by atoms with Crippen molar-refractivity contribution in [3.05, 3.63) is 35.4 Å². The average molecular weight is 214 g/mol. The van der Waals surface area contributed by atoms with E-state index in [9.17, 15) is 13.6 Å². The van der Waals surface area contributed by atoms with Crippen LogP contribution in [0.15, 0.2) is 18.2 Å². The van der Waals surface area contributed by atoms with Crippen LogP contribution in [0.3, 0.4) is 0 Å². The van der Waals surface area contributed by atoms with E-state index in [0.29, 0.717) is 5.56 Å². The molecule has 0 fully saturated rings. The van der Waals surface area contributed by atoms with Gasteiger partial charge < -0.3 is 11.1 Å². The van der Waals surface area contributed by atoms with Gasteiger partial charge in [0.15, 0.2) is 0 Å². The number of hydrogen-bond donors (Lipinski definition) is 2. The summed E-state index contributed by atoms with van der Waals surface area (Å²) in [5.74, 6) is -1.71. The van der Waals surface area contributed by atoms with Crippen LogP contribution in [0.1, 0.15) is 5.56 Å². The summed E-state index contributed by atoms with van der Waals surface area (Å²) in [4.78, 5) is 11.1. The van der Waals surface area contributed by atoms with Crippen molar-refractivity contribution in [2.75, 3.05) is 7.05 Å². The standard InChI is InChI=1S/C10H12F2N2O/c1-14-10(15)9(13)4-6-2-7(11)5-8(12)3-6/h2-3,5,9H,4,13H2,1H3,(H,14,15). The third kappa shape index (κ3) is 3.28. The normalized spacial score (nSPS) is 12.3. The number of likely N-dealkylation sites (N-methyl/N-ethyl adjacent to an activating group) is 1. The number of carbonyl (C=O) groups excluding carboxylic acids is 1. The Morgan fingerprint density at radius 1 is 1.40 bits per heavy atom. The van der Waals surface area contributed by atoms with Crippen molar-refractivity contribution in [3.63, 3.8) is 0 Å². The molecule has 3 nitrogen and oxygen atoms in total. The van der Waals surface area contributed by atoms with E-state index in [1.165, 1.54) is 7.05 Å². The number of amides is 1. The Labute approximate surface area is 86.3 Å². The predicted octanol–water partition coefficient (Wildman–Crippen LogP) is 0.581. The lowest BCUT2D eigenvalue weighted by molar-refractivity contribution is -0.121. The SMILES string of the molecule is CNC(=O)C(N)Cc1cc(F)cc(F)c1. The second kappa shape index (κ2) is 4.84. The monoisotopic (exact) mass is 214 g/mol. The van der Waals surface area contributed by atoms with Gasteiger partial charge in [-0.2, -0.15) is 0 Å². The van der Waals surface area contributed by atoms with Crippen LogP contribution in [0.2, 0.25) is 0 Å². The Bertz CT molecular complexity index is 348. The van der Waals surface area contributed by atoms with Gasteiger partial charge in [-0.05, 0) is 24.1 Å². The van der Waals surface area contributed by atoms with E-state index in [1.807, 2.05) is 0 Å². The first-order valence-corrected chi connectivity index (χ1v) is 4.45. The Hall–Kier alpha value is -1.49. The van der Waals surface area contributed by atoms with E-state index in [-0.39, 0.29) is 12.3 Å². The molecule has 1 unspecified atom stereocenters. The second-order valence-electron chi connectivity index (χ2n) is 3.20. The average Bonchev–Trinajstić information content (AvgIpc) is 2.14. The molecule has 5 heteroatoms. The van der Waals surface area contributed by atoms with Gasteiger partial charge in [0.25, 0.3) is 0 Å². The Balaban J connectivity index is 2.76.